The van der Waals surface area contributed by atoms with E-state index >= 15 is 0 Å². The average molecular weight is 425 g/mol. The molecule has 4 rings (SSSR count). The standard InChI is InChI=1S/C25H19N3O4/c1-32-21-7-3-5-17(12-21)4-2-6-20-13-22-23(14-26-20)27-16-28(24(22)29)15-18-8-10-19(11-9-18)25(30)31/h3,5,7-14,16H,4,15H2,1H3,(H,30,31). The number of nitrogens with zero attached hydrogens (tertiary/aromatic N) is 3. The van der Waals surface area contributed by atoms with E-state index in [4.69, 9.17) is 9.84 Å². The van der Waals surface area contributed by atoms with Crippen molar-refractivity contribution in [1.82, 2.24) is 14.5 Å². The van der Waals surface area contributed by atoms with Gasteiger partial charge in [-0.1, -0.05) is 30.2 Å². The minimum absolute atomic E-state index is 0.195. The van der Waals surface area contributed by atoms with Crippen LogP contribution in [0, 0.1) is 11.8 Å². The maximum atomic E-state index is 13.0. The van der Waals surface area contributed by atoms with E-state index in [1.165, 1.54) is 29.2 Å². The van der Waals surface area contributed by atoms with Crippen molar-refractivity contribution in [3.8, 4) is 17.6 Å². The van der Waals surface area contributed by atoms with Crippen LogP contribution in [0.3, 0.4) is 0 Å². The van der Waals surface area contributed by atoms with E-state index in [2.05, 4.69) is 21.8 Å². The highest BCUT2D eigenvalue weighted by Gasteiger charge is 2.07. The number of hydrogen-bond donors (Lipinski definition) is 1. The molecule has 32 heavy (non-hydrogen) atoms. The molecule has 0 atom stereocenters. The third-order valence-electron chi connectivity index (χ3n) is 4.91. The molecule has 158 valence electrons. The van der Waals surface area contributed by atoms with Gasteiger partial charge < -0.3 is 9.84 Å². The topological polar surface area (TPSA) is 94.3 Å². The second-order valence-electron chi connectivity index (χ2n) is 7.10. The number of ether oxygens (including phenoxy) is 1. The van der Waals surface area contributed by atoms with E-state index in [0.717, 1.165) is 16.9 Å². The summed E-state index contributed by atoms with van der Waals surface area (Å²) in [5.41, 5.74) is 2.78. The third kappa shape index (κ3) is 4.65. The molecule has 7 nitrogen and oxygen atoms in total. The van der Waals surface area contributed by atoms with Crippen LogP contribution in [-0.2, 0) is 13.0 Å². The first kappa shape index (κ1) is 20.8. The lowest BCUT2D eigenvalue weighted by Gasteiger charge is -2.07. The Bertz CT molecular complexity index is 1410. The van der Waals surface area contributed by atoms with Gasteiger partial charge >= 0.3 is 5.97 Å². The molecule has 0 saturated heterocycles. The molecule has 0 aliphatic heterocycles. The van der Waals surface area contributed by atoms with Gasteiger partial charge in [0, 0.05) is 6.42 Å². The predicted molar refractivity (Wildman–Crippen MR) is 120 cm³/mol. The first-order chi connectivity index (χ1) is 15.5. The molecule has 2 aromatic carbocycles. The molecule has 0 saturated carbocycles. The fourth-order valence-corrected chi connectivity index (χ4v) is 3.21. The van der Waals surface area contributed by atoms with Gasteiger partial charge in [0.2, 0.25) is 0 Å². The van der Waals surface area contributed by atoms with Crippen LogP contribution >= 0.6 is 0 Å². The highest BCUT2D eigenvalue weighted by molar-refractivity contribution is 5.87. The van der Waals surface area contributed by atoms with Gasteiger partial charge in [-0.2, -0.15) is 0 Å². The molecular weight excluding hydrogens is 406 g/mol. The van der Waals surface area contributed by atoms with Crippen LogP contribution < -0.4 is 10.3 Å². The monoisotopic (exact) mass is 425 g/mol. The summed E-state index contributed by atoms with van der Waals surface area (Å²) in [6.07, 6.45) is 3.53. The fourth-order valence-electron chi connectivity index (χ4n) is 3.21. The number of benzene rings is 2. The van der Waals surface area contributed by atoms with E-state index in [1.54, 1.807) is 25.3 Å². The molecule has 0 bridgehead atoms. The maximum absolute atomic E-state index is 13.0. The van der Waals surface area contributed by atoms with Crippen molar-refractivity contribution in [3.63, 3.8) is 0 Å². The zero-order chi connectivity index (χ0) is 22.5. The Morgan fingerprint density at radius 1 is 1.09 bits per heavy atom. The predicted octanol–water partition coefficient (Wildman–Crippen LogP) is 3.14. The Hall–Kier alpha value is -4.44. The van der Waals surface area contributed by atoms with Crippen LogP contribution in [-0.4, -0.2) is 32.7 Å². The summed E-state index contributed by atoms with van der Waals surface area (Å²) >= 11 is 0. The smallest absolute Gasteiger partial charge is 0.335 e. The van der Waals surface area contributed by atoms with Crippen LogP contribution in [0.4, 0.5) is 0 Å². The average Bonchev–Trinajstić information content (AvgIpc) is 2.81. The molecular formula is C25H19N3O4. The summed E-state index contributed by atoms with van der Waals surface area (Å²) in [6, 6.07) is 15.7. The Balaban J connectivity index is 1.57. The van der Waals surface area contributed by atoms with Crippen LogP contribution in [0.1, 0.15) is 27.2 Å². The number of carbonyl (C=O) groups is 1. The molecule has 7 heteroatoms. The van der Waals surface area contributed by atoms with Gasteiger partial charge in [0.25, 0.3) is 5.56 Å². The number of carboxylic acid groups (broad SMARTS) is 1. The third-order valence-corrected chi connectivity index (χ3v) is 4.91. The maximum Gasteiger partial charge on any atom is 0.335 e. The zero-order valence-corrected chi connectivity index (χ0v) is 17.3. The number of fused-ring (bicyclic) bond motifs is 1. The van der Waals surface area contributed by atoms with Crippen LogP contribution in [0.15, 0.2) is 71.9 Å². The van der Waals surface area contributed by atoms with Crippen molar-refractivity contribution in [2.75, 3.05) is 7.11 Å². The minimum Gasteiger partial charge on any atom is -0.497 e. The van der Waals surface area contributed by atoms with Crippen molar-refractivity contribution in [1.29, 1.82) is 0 Å². The Morgan fingerprint density at radius 2 is 1.91 bits per heavy atom. The number of aromatic nitrogens is 3. The lowest BCUT2D eigenvalue weighted by Crippen LogP contribution is -2.21. The first-order valence-corrected chi connectivity index (χ1v) is 9.83. The van der Waals surface area contributed by atoms with Crippen LogP contribution in [0.25, 0.3) is 10.9 Å². The molecule has 0 radical (unpaired) electrons. The lowest BCUT2D eigenvalue weighted by molar-refractivity contribution is 0.0697. The van der Waals surface area contributed by atoms with E-state index in [0.29, 0.717) is 23.0 Å². The second kappa shape index (κ2) is 9.14. The summed E-state index contributed by atoms with van der Waals surface area (Å²) < 4.78 is 6.70. The largest absolute Gasteiger partial charge is 0.497 e. The van der Waals surface area contributed by atoms with Gasteiger partial charge in [0.05, 0.1) is 42.6 Å². The molecule has 0 amide bonds. The van der Waals surface area contributed by atoms with Gasteiger partial charge in [0.15, 0.2) is 0 Å². The molecule has 4 aromatic rings. The normalized spacial score (nSPS) is 10.4. The summed E-state index contributed by atoms with van der Waals surface area (Å²) in [6.45, 7) is 0.279. The highest BCUT2D eigenvalue weighted by Crippen LogP contribution is 2.13. The van der Waals surface area contributed by atoms with Gasteiger partial charge in [-0.05, 0) is 47.4 Å². The zero-order valence-electron chi connectivity index (χ0n) is 17.3. The van der Waals surface area contributed by atoms with E-state index < -0.39 is 5.97 Å². The Kier molecular flexibility index (Phi) is 5.95. The van der Waals surface area contributed by atoms with E-state index in [9.17, 15) is 9.59 Å². The number of rotatable bonds is 5. The Labute approximate surface area is 184 Å². The van der Waals surface area contributed by atoms with Gasteiger partial charge in [-0.25, -0.2) is 14.8 Å². The minimum atomic E-state index is -0.992. The summed E-state index contributed by atoms with van der Waals surface area (Å²) in [4.78, 5) is 32.6. The number of aromatic carboxylic acids is 1. The molecule has 0 spiro atoms. The molecule has 1 N–H and O–H groups in total. The SMILES string of the molecule is COc1cccc(CC#Cc2cc3c(=O)n(Cc4ccc(C(=O)O)cc4)cnc3cn2)c1. The van der Waals surface area contributed by atoms with Gasteiger partial charge in [-0.3, -0.25) is 9.36 Å². The highest BCUT2D eigenvalue weighted by atomic mass is 16.5. The van der Waals surface area contributed by atoms with Crippen LogP contribution in [0.5, 0.6) is 5.75 Å². The molecule has 2 aromatic heterocycles. The van der Waals surface area contributed by atoms with E-state index in [-0.39, 0.29) is 17.7 Å². The van der Waals surface area contributed by atoms with E-state index in [1.807, 2.05) is 24.3 Å². The first-order valence-electron chi connectivity index (χ1n) is 9.83. The van der Waals surface area contributed by atoms with Gasteiger partial charge in [0.1, 0.15) is 11.4 Å². The van der Waals surface area contributed by atoms with Crippen LogP contribution in [0.2, 0.25) is 0 Å². The summed E-state index contributed by atoms with van der Waals surface area (Å²) in [7, 11) is 1.62. The fraction of sp³-hybridized carbons (Fsp3) is 0.120. The molecule has 0 fully saturated rings. The number of carboxylic acids is 1. The van der Waals surface area contributed by atoms with Crippen molar-refractivity contribution >= 4 is 16.9 Å². The quantitative estimate of drug-likeness (QED) is 0.494. The van der Waals surface area contributed by atoms with Crippen molar-refractivity contribution in [3.05, 3.63) is 99.9 Å². The summed E-state index contributed by atoms with van der Waals surface area (Å²) in [5, 5.41) is 9.44. The number of methoxy groups -OCH3 is 1. The van der Waals surface area contributed by atoms with Crippen molar-refractivity contribution in [2.24, 2.45) is 0 Å². The number of hydrogen-bond acceptors (Lipinski definition) is 5. The molecule has 0 aliphatic rings. The van der Waals surface area contributed by atoms with Gasteiger partial charge in [-0.15, -0.1) is 0 Å². The molecule has 0 unspecified atom stereocenters. The Morgan fingerprint density at radius 3 is 2.66 bits per heavy atom. The number of pyridine rings is 1. The molecule has 0 aliphatic carbocycles. The summed E-state index contributed by atoms with van der Waals surface area (Å²) in [5.74, 6) is 5.86. The van der Waals surface area contributed by atoms with Crippen molar-refractivity contribution < 1.29 is 14.6 Å². The van der Waals surface area contributed by atoms with Crippen molar-refractivity contribution in [2.45, 2.75) is 13.0 Å². The molecule has 2 heterocycles. The second-order valence-corrected chi connectivity index (χ2v) is 7.10. The lowest BCUT2D eigenvalue weighted by atomic mass is 10.1.